The molecule has 0 unspecified atom stereocenters. The van der Waals surface area contributed by atoms with E-state index in [9.17, 15) is 14.4 Å². The minimum Gasteiger partial charge on any atom is -0.322 e. The van der Waals surface area contributed by atoms with Gasteiger partial charge in [-0.2, -0.15) is 0 Å². The molecule has 0 saturated carbocycles. The van der Waals surface area contributed by atoms with Crippen LogP contribution in [0.1, 0.15) is 41.3 Å². The molecule has 3 amide bonds. The molecule has 0 bridgehead atoms. The maximum absolute atomic E-state index is 12.8. The number of imide groups is 1. The summed E-state index contributed by atoms with van der Waals surface area (Å²) in [5, 5.41) is 2.93. The molecule has 0 spiro atoms. The highest BCUT2D eigenvalue weighted by atomic mass is 16.2. The molecule has 1 heterocycles. The summed E-state index contributed by atoms with van der Waals surface area (Å²) in [6, 6.07) is 12.6. The number of amides is 3. The number of nitrogens with zero attached hydrogens (tertiary/aromatic N) is 1. The fraction of sp³-hybridized carbons (Fsp3) is 0.292. The van der Waals surface area contributed by atoms with Gasteiger partial charge < -0.3 is 5.32 Å². The third-order valence-electron chi connectivity index (χ3n) is 5.85. The summed E-state index contributed by atoms with van der Waals surface area (Å²) in [4.78, 5) is 39.5. The second kappa shape index (κ2) is 7.32. The fourth-order valence-corrected chi connectivity index (χ4v) is 4.12. The smallest absolute Gasteiger partial charge is 0.255 e. The Morgan fingerprint density at radius 2 is 1.66 bits per heavy atom. The molecule has 1 aliphatic carbocycles. The number of rotatable bonds is 3. The van der Waals surface area contributed by atoms with E-state index in [1.165, 1.54) is 4.90 Å². The second-order valence-electron chi connectivity index (χ2n) is 8.03. The first kappa shape index (κ1) is 19.1. The first-order valence-electron chi connectivity index (χ1n) is 9.87. The molecule has 4 rings (SSSR count). The van der Waals surface area contributed by atoms with Crippen LogP contribution >= 0.6 is 0 Å². The van der Waals surface area contributed by atoms with Gasteiger partial charge in [-0.05, 0) is 75.1 Å². The number of allylic oxidation sites excluding steroid dienone is 2. The maximum atomic E-state index is 12.8. The number of hydrogen-bond donors (Lipinski definition) is 1. The average Bonchev–Trinajstić information content (AvgIpc) is 2.94. The predicted molar refractivity (Wildman–Crippen MR) is 113 cm³/mol. The molecule has 0 radical (unpaired) electrons. The van der Waals surface area contributed by atoms with Crippen LogP contribution in [0.2, 0.25) is 0 Å². The van der Waals surface area contributed by atoms with E-state index in [4.69, 9.17) is 0 Å². The summed E-state index contributed by atoms with van der Waals surface area (Å²) in [6.45, 7) is 5.92. The van der Waals surface area contributed by atoms with Gasteiger partial charge in [-0.25, -0.2) is 0 Å². The summed E-state index contributed by atoms with van der Waals surface area (Å²) in [6.07, 6.45) is 3.31. The van der Waals surface area contributed by atoms with E-state index in [2.05, 4.69) is 11.4 Å². The van der Waals surface area contributed by atoms with Gasteiger partial charge in [0.05, 0.1) is 17.5 Å². The Labute approximate surface area is 170 Å². The van der Waals surface area contributed by atoms with E-state index in [0.29, 0.717) is 24.1 Å². The zero-order valence-electron chi connectivity index (χ0n) is 16.9. The quantitative estimate of drug-likeness (QED) is 0.626. The summed E-state index contributed by atoms with van der Waals surface area (Å²) < 4.78 is 0. The third kappa shape index (κ3) is 3.48. The van der Waals surface area contributed by atoms with Crippen molar-refractivity contribution >= 4 is 29.1 Å². The van der Waals surface area contributed by atoms with Gasteiger partial charge in [0.2, 0.25) is 11.8 Å². The standard InChI is InChI=1S/C24H24N2O3/c1-14-5-11-19-20(12-14)24(29)26(23(19)28)18-9-7-17(8-10-18)22(27)25-21-13-15(2)4-6-16(21)3/h4-10,13,19-20H,11-12H2,1-3H3,(H,25,27)/t19-,20+/m0/s1. The Hall–Kier alpha value is -3.21. The molecule has 1 N–H and O–H groups in total. The lowest BCUT2D eigenvalue weighted by molar-refractivity contribution is -0.122. The van der Waals surface area contributed by atoms with Crippen LogP contribution in [0.25, 0.3) is 0 Å². The second-order valence-corrected chi connectivity index (χ2v) is 8.03. The van der Waals surface area contributed by atoms with E-state index in [1.54, 1.807) is 24.3 Å². The molecular formula is C24H24N2O3. The highest BCUT2D eigenvalue weighted by Crippen LogP contribution is 2.39. The fourth-order valence-electron chi connectivity index (χ4n) is 4.12. The van der Waals surface area contributed by atoms with Crippen LogP contribution in [0, 0.1) is 25.7 Å². The summed E-state index contributed by atoms with van der Waals surface area (Å²) in [5.41, 5.74) is 4.99. The van der Waals surface area contributed by atoms with E-state index in [1.807, 2.05) is 39.0 Å². The van der Waals surface area contributed by atoms with Gasteiger partial charge in [-0.1, -0.05) is 23.8 Å². The monoisotopic (exact) mass is 388 g/mol. The van der Waals surface area contributed by atoms with Gasteiger partial charge >= 0.3 is 0 Å². The van der Waals surface area contributed by atoms with Crippen LogP contribution in [-0.4, -0.2) is 17.7 Å². The number of carbonyl (C=O) groups excluding carboxylic acids is 3. The van der Waals surface area contributed by atoms with Crippen molar-refractivity contribution in [3.05, 3.63) is 70.8 Å². The molecule has 5 heteroatoms. The normalized spacial score (nSPS) is 21.1. The molecule has 2 aromatic carbocycles. The number of nitrogens with one attached hydrogen (secondary N) is 1. The molecule has 2 aromatic rings. The number of hydrogen-bond acceptors (Lipinski definition) is 3. The summed E-state index contributed by atoms with van der Waals surface area (Å²) >= 11 is 0. The maximum Gasteiger partial charge on any atom is 0.255 e. The Morgan fingerprint density at radius 3 is 2.38 bits per heavy atom. The zero-order chi connectivity index (χ0) is 20.7. The molecule has 2 atom stereocenters. The van der Waals surface area contributed by atoms with E-state index in [0.717, 1.165) is 22.4 Å². The van der Waals surface area contributed by atoms with Crippen molar-refractivity contribution in [2.45, 2.75) is 33.6 Å². The average molecular weight is 388 g/mol. The largest absolute Gasteiger partial charge is 0.322 e. The predicted octanol–water partition coefficient (Wildman–Crippen LogP) is 4.40. The number of benzene rings is 2. The van der Waals surface area contributed by atoms with Gasteiger partial charge in [0.25, 0.3) is 5.91 Å². The minimum absolute atomic E-state index is 0.139. The highest BCUT2D eigenvalue weighted by molar-refractivity contribution is 6.22. The van der Waals surface area contributed by atoms with Crippen LogP contribution in [-0.2, 0) is 9.59 Å². The number of carbonyl (C=O) groups is 3. The van der Waals surface area contributed by atoms with E-state index in [-0.39, 0.29) is 29.6 Å². The summed E-state index contributed by atoms with van der Waals surface area (Å²) in [7, 11) is 0. The Balaban J connectivity index is 1.52. The van der Waals surface area contributed by atoms with E-state index < -0.39 is 0 Å². The van der Waals surface area contributed by atoms with Crippen molar-refractivity contribution in [1.82, 2.24) is 0 Å². The SMILES string of the molecule is CC1=CC[C@@H]2C(=O)N(c3ccc(C(=O)Nc4cc(C)ccc4C)cc3)C(=O)[C@@H]2C1. The molecule has 148 valence electrons. The van der Waals surface area contributed by atoms with Crippen LogP contribution < -0.4 is 10.2 Å². The number of aryl methyl sites for hydroxylation is 2. The van der Waals surface area contributed by atoms with Gasteiger partial charge in [-0.15, -0.1) is 0 Å². The van der Waals surface area contributed by atoms with Crippen LogP contribution in [0.4, 0.5) is 11.4 Å². The molecule has 2 aliphatic rings. The molecule has 0 aromatic heterocycles. The topological polar surface area (TPSA) is 66.5 Å². The Kier molecular flexibility index (Phi) is 4.82. The lowest BCUT2D eigenvalue weighted by atomic mass is 9.82. The molecule has 5 nitrogen and oxygen atoms in total. The minimum atomic E-state index is -0.265. The lowest BCUT2D eigenvalue weighted by Crippen LogP contribution is -2.30. The van der Waals surface area contributed by atoms with Crippen molar-refractivity contribution < 1.29 is 14.4 Å². The first-order chi connectivity index (χ1) is 13.8. The van der Waals surface area contributed by atoms with Gasteiger partial charge in [0, 0.05) is 11.3 Å². The van der Waals surface area contributed by atoms with Crippen molar-refractivity contribution in [3.63, 3.8) is 0 Å². The summed E-state index contributed by atoms with van der Waals surface area (Å²) in [5.74, 6) is -1.03. The van der Waals surface area contributed by atoms with Gasteiger partial charge in [0.1, 0.15) is 0 Å². The van der Waals surface area contributed by atoms with Gasteiger partial charge in [0.15, 0.2) is 0 Å². The first-order valence-corrected chi connectivity index (χ1v) is 9.87. The molecule has 1 fully saturated rings. The third-order valence-corrected chi connectivity index (χ3v) is 5.85. The number of anilines is 2. The highest BCUT2D eigenvalue weighted by Gasteiger charge is 2.48. The van der Waals surface area contributed by atoms with Crippen LogP contribution in [0.15, 0.2) is 54.1 Å². The molecule has 1 aliphatic heterocycles. The molecule has 29 heavy (non-hydrogen) atoms. The van der Waals surface area contributed by atoms with Crippen molar-refractivity contribution in [2.24, 2.45) is 11.8 Å². The number of fused-ring (bicyclic) bond motifs is 1. The van der Waals surface area contributed by atoms with Crippen LogP contribution in [0.5, 0.6) is 0 Å². The molecular weight excluding hydrogens is 364 g/mol. The Morgan fingerprint density at radius 1 is 0.966 bits per heavy atom. The zero-order valence-corrected chi connectivity index (χ0v) is 16.9. The van der Waals surface area contributed by atoms with Gasteiger partial charge in [-0.3, -0.25) is 19.3 Å². The Bertz CT molecular complexity index is 1040. The van der Waals surface area contributed by atoms with E-state index >= 15 is 0 Å². The van der Waals surface area contributed by atoms with Crippen molar-refractivity contribution in [3.8, 4) is 0 Å². The molecule has 1 saturated heterocycles. The van der Waals surface area contributed by atoms with Crippen molar-refractivity contribution in [2.75, 3.05) is 10.2 Å². The van der Waals surface area contributed by atoms with Crippen LogP contribution in [0.3, 0.4) is 0 Å². The van der Waals surface area contributed by atoms with Crippen molar-refractivity contribution in [1.29, 1.82) is 0 Å². The lowest BCUT2D eigenvalue weighted by Gasteiger charge is -2.18.